The largest absolute Gasteiger partial charge is 0.394 e. The zero-order valence-corrected chi connectivity index (χ0v) is 10.3. The molecule has 17 heavy (non-hydrogen) atoms. The first-order valence-corrected chi connectivity index (χ1v) is 5.22. The minimum absolute atomic E-state index is 0.0347. The number of nitrogens with two attached hydrogens (primary N) is 1. The predicted molar refractivity (Wildman–Crippen MR) is 63.7 cm³/mol. The highest BCUT2D eigenvalue weighted by Gasteiger charge is 2.12. The first-order valence-electron chi connectivity index (χ1n) is 5.22. The molecule has 3 N–H and O–H groups in total. The van der Waals surface area contributed by atoms with Crippen LogP contribution in [0.2, 0.25) is 0 Å². The molecule has 1 rings (SSSR count). The molecule has 0 bridgehead atoms. The fourth-order valence-corrected chi connectivity index (χ4v) is 1.30. The Morgan fingerprint density at radius 1 is 1.53 bits per heavy atom. The lowest BCUT2D eigenvalue weighted by atomic mass is 10.4. The predicted octanol–water partition coefficient (Wildman–Crippen LogP) is -0.0878. The van der Waals surface area contributed by atoms with E-state index in [-0.39, 0.29) is 12.5 Å². The number of nitrogen functional groups attached to an aromatic ring is 1. The molecular weight excluding hydrogens is 224 g/mol. The van der Waals surface area contributed by atoms with Crippen molar-refractivity contribution in [3.63, 3.8) is 0 Å². The number of carbonyl (C=O) groups is 1. The Morgan fingerprint density at radius 2 is 2.24 bits per heavy atom. The second-order valence-electron chi connectivity index (χ2n) is 3.56. The summed E-state index contributed by atoms with van der Waals surface area (Å²) in [7, 11) is 3.29. The van der Waals surface area contributed by atoms with E-state index < -0.39 is 0 Å². The van der Waals surface area contributed by atoms with Gasteiger partial charge in [0.25, 0.3) is 5.91 Å². The number of hydrogen-bond acceptors (Lipinski definition) is 5. The molecule has 7 nitrogen and oxygen atoms in total. The average molecular weight is 242 g/mol. The Labute approximate surface area is 99.9 Å². The van der Waals surface area contributed by atoms with Crippen LogP contribution >= 0.6 is 0 Å². The van der Waals surface area contributed by atoms with Gasteiger partial charge in [-0.25, -0.2) is 0 Å². The molecule has 0 aliphatic rings. The van der Waals surface area contributed by atoms with E-state index >= 15 is 0 Å². The number of carbonyl (C=O) groups excluding carboxylic acids is 1. The molecule has 0 unspecified atom stereocenters. The fraction of sp³-hybridized carbons (Fsp3) is 0.600. The summed E-state index contributed by atoms with van der Waals surface area (Å²) in [5.74, 6) is 0.221. The zero-order chi connectivity index (χ0) is 12.8. The maximum atomic E-state index is 11.5. The molecule has 1 aromatic heterocycles. The number of ether oxygens (including phenoxy) is 2. The molecule has 0 radical (unpaired) electrons. The Hall–Kier alpha value is -1.60. The van der Waals surface area contributed by atoms with Crippen LogP contribution in [0.3, 0.4) is 0 Å². The number of methoxy groups -OCH3 is 1. The summed E-state index contributed by atoms with van der Waals surface area (Å²) in [5, 5.41) is 6.74. The third-order valence-corrected chi connectivity index (χ3v) is 2.19. The van der Waals surface area contributed by atoms with Gasteiger partial charge in [-0.05, 0) is 6.92 Å². The second kappa shape index (κ2) is 6.21. The maximum Gasteiger partial charge on any atom is 0.251 e. The number of aromatic nitrogens is 2. The molecule has 1 heterocycles. The van der Waals surface area contributed by atoms with Crippen molar-refractivity contribution in [3.8, 4) is 0 Å². The summed E-state index contributed by atoms with van der Waals surface area (Å²) >= 11 is 0. The van der Waals surface area contributed by atoms with Gasteiger partial charge in [0, 0.05) is 14.2 Å². The maximum absolute atomic E-state index is 11.5. The van der Waals surface area contributed by atoms with Crippen molar-refractivity contribution in [1.29, 1.82) is 0 Å². The summed E-state index contributed by atoms with van der Waals surface area (Å²) in [6, 6.07) is 0. The van der Waals surface area contributed by atoms with Gasteiger partial charge in [-0.15, -0.1) is 0 Å². The minimum Gasteiger partial charge on any atom is -0.394 e. The normalized spacial score (nSPS) is 10.5. The molecule has 0 fully saturated rings. The highest BCUT2D eigenvalue weighted by atomic mass is 16.5. The molecule has 0 saturated carbocycles. The Kier molecular flexibility index (Phi) is 4.92. The van der Waals surface area contributed by atoms with Crippen LogP contribution in [0.1, 0.15) is 5.69 Å². The molecule has 0 aliphatic heterocycles. The van der Waals surface area contributed by atoms with Gasteiger partial charge in [0.15, 0.2) is 5.82 Å². The van der Waals surface area contributed by atoms with Crippen molar-refractivity contribution in [2.75, 3.05) is 38.0 Å². The summed E-state index contributed by atoms with van der Waals surface area (Å²) in [4.78, 5) is 11.5. The van der Waals surface area contributed by atoms with Gasteiger partial charge in [-0.3, -0.25) is 9.48 Å². The number of aryl methyl sites for hydroxylation is 2. The van der Waals surface area contributed by atoms with E-state index in [0.717, 1.165) is 0 Å². The summed E-state index contributed by atoms with van der Waals surface area (Å²) in [6.07, 6.45) is 0. The molecule has 0 saturated heterocycles. The first kappa shape index (κ1) is 13.5. The van der Waals surface area contributed by atoms with Gasteiger partial charge < -0.3 is 20.5 Å². The summed E-state index contributed by atoms with van der Waals surface area (Å²) in [5.41, 5.74) is 6.92. The lowest BCUT2D eigenvalue weighted by molar-refractivity contribution is -0.121. The minimum atomic E-state index is -0.268. The number of nitrogens with one attached hydrogen (secondary N) is 1. The quantitative estimate of drug-likeness (QED) is 0.680. The second-order valence-corrected chi connectivity index (χ2v) is 3.56. The number of nitrogens with zero attached hydrogens (tertiary/aromatic N) is 2. The first-order chi connectivity index (χ1) is 8.06. The lowest BCUT2D eigenvalue weighted by Gasteiger charge is -2.07. The van der Waals surface area contributed by atoms with Crippen LogP contribution in [0.5, 0.6) is 0 Å². The molecular formula is C10H18N4O3. The lowest BCUT2D eigenvalue weighted by Crippen LogP contribution is -2.21. The van der Waals surface area contributed by atoms with Crippen LogP contribution in [-0.2, 0) is 21.3 Å². The number of amides is 1. The summed E-state index contributed by atoms with van der Waals surface area (Å²) in [6.45, 7) is 2.58. The van der Waals surface area contributed by atoms with Crippen LogP contribution in [0.25, 0.3) is 0 Å². The Balaban J connectivity index is 2.45. The van der Waals surface area contributed by atoms with Gasteiger partial charge in [0.1, 0.15) is 6.61 Å². The molecule has 1 amide bonds. The monoisotopic (exact) mass is 242 g/mol. The molecule has 1 aromatic rings. The van der Waals surface area contributed by atoms with Crippen LogP contribution < -0.4 is 11.1 Å². The zero-order valence-electron chi connectivity index (χ0n) is 10.3. The van der Waals surface area contributed by atoms with E-state index in [1.54, 1.807) is 21.1 Å². The van der Waals surface area contributed by atoms with Gasteiger partial charge in [-0.2, -0.15) is 5.10 Å². The SMILES string of the molecule is COCCOCC(=O)Nc1c(N)c(C)nn1C. The number of hydrogen-bond donors (Lipinski definition) is 2. The third kappa shape index (κ3) is 3.72. The van der Waals surface area contributed by atoms with Crippen molar-refractivity contribution < 1.29 is 14.3 Å². The van der Waals surface area contributed by atoms with Crippen molar-refractivity contribution in [2.24, 2.45) is 7.05 Å². The molecule has 0 spiro atoms. The average Bonchev–Trinajstić information content (AvgIpc) is 2.52. The van der Waals surface area contributed by atoms with E-state index in [1.165, 1.54) is 4.68 Å². The van der Waals surface area contributed by atoms with Gasteiger partial charge in [0.2, 0.25) is 0 Å². The number of rotatable bonds is 6. The van der Waals surface area contributed by atoms with Crippen LogP contribution in [0, 0.1) is 6.92 Å². The third-order valence-electron chi connectivity index (χ3n) is 2.19. The Bertz CT molecular complexity index is 389. The molecule has 0 atom stereocenters. The van der Waals surface area contributed by atoms with Crippen molar-refractivity contribution in [1.82, 2.24) is 9.78 Å². The van der Waals surface area contributed by atoms with Gasteiger partial charge >= 0.3 is 0 Å². The van der Waals surface area contributed by atoms with E-state index in [1.807, 2.05) is 0 Å². The molecule has 0 aromatic carbocycles. The highest BCUT2D eigenvalue weighted by Crippen LogP contribution is 2.20. The van der Waals surface area contributed by atoms with Crippen molar-refractivity contribution in [3.05, 3.63) is 5.69 Å². The highest BCUT2D eigenvalue weighted by molar-refractivity contribution is 5.93. The standard InChI is InChI=1S/C10H18N4O3/c1-7-9(11)10(14(2)13-7)12-8(15)6-17-5-4-16-3/h4-6,11H2,1-3H3,(H,12,15). The topological polar surface area (TPSA) is 91.4 Å². The van der Waals surface area contributed by atoms with Crippen LogP contribution in [0.15, 0.2) is 0 Å². The molecule has 96 valence electrons. The smallest absolute Gasteiger partial charge is 0.251 e. The Morgan fingerprint density at radius 3 is 2.76 bits per heavy atom. The van der Waals surface area contributed by atoms with E-state index in [9.17, 15) is 4.79 Å². The summed E-state index contributed by atoms with van der Waals surface area (Å²) < 4.78 is 11.4. The van der Waals surface area contributed by atoms with Gasteiger partial charge in [-0.1, -0.05) is 0 Å². The number of anilines is 2. The molecule has 7 heteroatoms. The van der Waals surface area contributed by atoms with E-state index in [0.29, 0.717) is 30.4 Å². The van der Waals surface area contributed by atoms with Gasteiger partial charge in [0.05, 0.1) is 24.6 Å². The van der Waals surface area contributed by atoms with Crippen LogP contribution in [0.4, 0.5) is 11.5 Å². The van der Waals surface area contributed by atoms with Crippen LogP contribution in [-0.4, -0.2) is 42.6 Å². The van der Waals surface area contributed by atoms with Crippen molar-refractivity contribution in [2.45, 2.75) is 6.92 Å². The fourth-order valence-electron chi connectivity index (χ4n) is 1.30. The molecule has 0 aliphatic carbocycles. The van der Waals surface area contributed by atoms with E-state index in [4.69, 9.17) is 15.2 Å². The van der Waals surface area contributed by atoms with E-state index in [2.05, 4.69) is 10.4 Å². The van der Waals surface area contributed by atoms with Crippen molar-refractivity contribution >= 4 is 17.4 Å².